The van der Waals surface area contributed by atoms with E-state index in [2.05, 4.69) is 38.9 Å². The normalized spacial score (nSPS) is 23.3. The first-order valence-corrected chi connectivity index (χ1v) is 13.2. The van der Waals surface area contributed by atoms with Crippen LogP contribution in [0.5, 0.6) is 5.75 Å². The van der Waals surface area contributed by atoms with Crippen LogP contribution in [-0.2, 0) is 9.59 Å². The second-order valence-electron chi connectivity index (χ2n) is 10.3. The highest BCUT2D eigenvalue weighted by Crippen LogP contribution is 2.30. The highest BCUT2D eigenvalue weighted by atomic mass is 16.5. The van der Waals surface area contributed by atoms with E-state index < -0.39 is 35.6 Å². The zero-order chi connectivity index (χ0) is 28.6. The number of benzene rings is 1. The molecule has 4 amide bonds. The third kappa shape index (κ3) is 5.24. The summed E-state index contributed by atoms with van der Waals surface area (Å²) in [6.07, 6.45) is 3.54. The highest BCUT2D eigenvalue weighted by Gasteiger charge is 2.44. The van der Waals surface area contributed by atoms with E-state index >= 15 is 0 Å². The number of piperidine rings is 1. The largest absolute Gasteiger partial charge is 0.494 e. The molecule has 2 N–H and O–H groups in total. The van der Waals surface area contributed by atoms with Crippen LogP contribution < -0.4 is 15.0 Å². The van der Waals surface area contributed by atoms with Gasteiger partial charge >= 0.3 is 5.97 Å². The number of fused-ring (bicyclic) bond motifs is 1. The van der Waals surface area contributed by atoms with E-state index in [4.69, 9.17) is 9.84 Å². The molecular formula is C27H30N6O7. The standard InChI is InChI=1S/C27H30N6O7/c1-15-13-31(27-28-11-17(12-29-27)26(38)39)14-16(2)32(15)8-3-9-40-18-4-5-19-20(10-18)25(37)33(24(19)36)21-6-7-22(34)30-23(21)35/h4-5,10-12,15-16,21H,3,6-9,13-14H2,1-2H3,(H,38,39)(H,30,34,35)/t15-,16+,21?. The molecule has 3 atom stereocenters. The molecule has 2 fully saturated rings. The van der Waals surface area contributed by atoms with Crippen LogP contribution in [0.15, 0.2) is 30.6 Å². The summed E-state index contributed by atoms with van der Waals surface area (Å²) < 4.78 is 5.90. The fraction of sp³-hybridized carbons (Fsp3) is 0.444. The van der Waals surface area contributed by atoms with Crippen molar-refractivity contribution in [3.8, 4) is 5.75 Å². The number of anilines is 1. The SMILES string of the molecule is C[C@@H]1CN(c2ncc(C(=O)O)cn2)C[C@H](C)N1CCCOc1ccc2c(c1)C(=O)N(C1CCC(=O)NC1=O)C2=O. The second-order valence-corrected chi connectivity index (χ2v) is 10.3. The monoisotopic (exact) mass is 550 g/mol. The van der Waals surface area contributed by atoms with Crippen LogP contribution >= 0.6 is 0 Å². The Balaban J connectivity index is 1.13. The Hall–Kier alpha value is -4.39. The van der Waals surface area contributed by atoms with Gasteiger partial charge < -0.3 is 14.7 Å². The molecule has 0 radical (unpaired) electrons. The van der Waals surface area contributed by atoms with Gasteiger partial charge in [0.25, 0.3) is 11.8 Å². The van der Waals surface area contributed by atoms with Gasteiger partial charge in [0.2, 0.25) is 17.8 Å². The van der Waals surface area contributed by atoms with Crippen molar-refractivity contribution in [3.63, 3.8) is 0 Å². The molecule has 0 saturated carbocycles. The number of carbonyl (C=O) groups is 5. The molecule has 3 aliphatic rings. The van der Waals surface area contributed by atoms with Gasteiger partial charge in [0, 0.05) is 50.5 Å². The molecular weight excluding hydrogens is 520 g/mol. The number of amides is 4. The molecule has 3 aliphatic heterocycles. The summed E-state index contributed by atoms with van der Waals surface area (Å²) in [4.78, 5) is 74.4. The molecule has 1 aromatic heterocycles. The first kappa shape index (κ1) is 27.2. The summed E-state index contributed by atoms with van der Waals surface area (Å²) in [5, 5.41) is 11.2. The summed E-state index contributed by atoms with van der Waals surface area (Å²) in [6.45, 7) is 6.81. The van der Waals surface area contributed by atoms with Crippen molar-refractivity contribution in [2.24, 2.45) is 0 Å². The summed E-state index contributed by atoms with van der Waals surface area (Å²) in [6, 6.07) is 4.10. The number of carboxylic acids is 1. The van der Waals surface area contributed by atoms with Crippen molar-refractivity contribution in [1.29, 1.82) is 0 Å². The lowest BCUT2D eigenvalue weighted by Gasteiger charge is -2.44. The van der Waals surface area contributed by atoms with Crippen LogP contribution in [0.25, 0.3) is 0 Å². The third-order valence-electron chi connectivity index (χ3n) is 7.51. The second kappa shape index (κ2) is 11.0. The van der Waals surface area contributed by atoms with Gasteiger partial charge in [-0.15, -0.1) is 0 Å². The van der Waals surface area contributed by atoms with Gasteiger partial charge in [0.05, 0.1) is 23.3 Å². The van der Waals surface area contributed by atoms with Crippen LogP contribution in [0, 0.1) is 0 Å². The molecule has 0 aliphatic carbocycles. The molecule has 0 spiro atoms. The molecule has 13 nitrogen and oxygen atoms in total. The lowest BCUT2D eigenvalue weighted by Crippen LogP contribution is -2.57. The minimum absolute atomic E-state index is 0.0504. The third-order valence-corrected chi connectivity index (χ3v) is 7.51. The predicted octanol–water partition coefficient (Wildman–Crippen LogP) is 0.944. The number of hydrogen-bond acceptors (Lipinski definition) is 10. The number of hydrogen-bond donors (Lipinski definition) is 2. The predicted molar refractivity (Wildman–Crippen MR) is 140 cm³/mol. The number of carboxylic acid groups (broad SMARTS) is 1. The number of aromatic carboxylic acids is 1. The van der Waals surface area contributed by atoms with Crippen LogP contribution in [0.2, 0.25) is 0 Å². The highest BCUT2D eigenvalue weighted by molar-refractivity contribution is 6.23. The average Bonchev–Trinajstić information content (AvgIpc) is 3.16. The fourth-order valence-electron chi connectivity index (χ4n) is 5.53. The Morgan fingerprint density at radius 3 is 2.38 bits per heavy atom. The van der Waals surface area contributed by atoms with Gasteiger partial charge in [-0.2, -0.15) is 0 Å². The maximum atomic E-state index is 13.0. The van der Waals surface area contributed by atoms with Crippen molar-refractivity contribution in [2.75, 3.05) is 31.1 Å². The van der Waals surface area contributed by atoms with E-state index in [1.807, 2.05) is 0 Å². The van der Waals surface area contributed by atoms with E-state index in [-0.39, 0.29) is 41.6 Å². The number of piperazine rings is 1. The summed E-state index contributed by atoms with van der Waals surface area (Å²) in [5.41, 5.74) is 0.447. The Labute approximate surface area is 230 Å². The van der Waals surface area contributed by atoms with Crippen LogP contribution in [-0.4, -0.2) is 98.8 Å². The topological polar surface area (TPSA) is 162 Å². The van der Waals surface area contributed by atoms with Gasteiger partial charge in [0.15, 0.2) is 0 Å². The van der Waals surface area contributed by atoms with E-state index in [9.17, 15) is 24.0 Å². The van der Waals surface area contributed by atoms with Gasteiger partial charge in [-0.25, -0.2) is 14.8 Å². The number of rotatable bonds is 8. The lowest BCUT2D eigenvalue weighted by atomic mass is 10.0. The first-order chi connectivity index (χ1) is 19.1. The fourth-order valence-corrected chi connectivity index (χ4v) is 5.53. The molecule has 0 bridgehead atoms. The lowest BCUT2D eigenvalue weighted by molar-refractivity contribution is -0.136. The molecule has 210 valence electrons. The quantitative estimate of drug-likeness (QED) is 0.355. The summed E-state index contributed by atoms with van der Waals surface area (Å²) in [7, 11) is 0. The maximum absolute atomic E-state index is 13.0. The maximum Gasteiger partial charge on any atom is 0.338 e. The first-order valence-electron chi connectivity index (χ1n) is 13.2. The zero-order valence-electron chi connectivity index (χ0n) is 22.2. The Morgan fingerprint density at radius 1 is 1.05 bits per heavy atom. The van der Waals surface area contributed by atoms with Gasteiger partial charge in [0.1, 0.15) is 11.8 Å². The minimum atomic E-state index is -1.06. The van der Waals surface area contributed by atoms with E-state index in [1.165, 1.54) is 24.5 Å². The minimum Gasteiger partial charge on any atom is -0.494 e. The van der Waals surface area contributed by atoms with Crippen molar-refractivity contribution < 1.29 is 33.8 Å². The zero-order valence-corrected chi connectivity index (χ0v) is 22.2. The average molecular weight is 551 g/mol. The summed E-state index contributed by atoms with van der Waals surface area (Å²) >= 11 is 0. The molecule has 2 saturated heterocycles. The molecule has 1 aromatic carbocycles. The van der Waals surface area contributed by atoms with Crippen molar-refractivity contribution in [2.45, 2.75) is 51.2 Å². The molecule has 13 heteroatoms. The number of nitrogens with one attached hydrogen (secondary N) is 1. The Morgan fingerprint density at radius 2 is 1.73 bits per heavy atom. The van der Waals surface area contributed by atoms with Gasteiger partial charge in [-0.1, -0.05) is 0 Å². The number of carbonyl (C=O) groups excluding carboxylic acids is 4. The number of ether oxygens (including phenoxy) is 1. The van der Waals surface area contributed by atoms with E-state index in [0.29, 0.717) is 31.4 Å². The number of nitrogens with zero attached hydrogens (tertiary/aromatic N) is 5. The smallest absolute Gasteiger partial charge is 0.338 e. The van der Waals surface area contributed by atoms with Crippen LogP contribution in [0.1, 0.15) is 64.2 Å². The van der Waals surface area contributed by atoms with Gasteiger partial charge in [-0.3, -0.25) is 34.3 Å². The Bertz CT molecular complexity index is 1350. The molecule has 4 heterocycles. The molecule has 5 rings (SSSR count). The van der Waals surface area contributed by atoms with Crippen LogP contribution in [0.3, 0.4) is 0 Å². The number of imide groups is 2. The molecule has 2 aromatic rings. The van der Waals surface area contributed by atoms with Crippen molar-refractivity contribution >= 4 is 35.5 Å². The van der Waals surface area contributed by atoms with E-state index in [1.54, 1.807) is 6.07 Å². The van der Waals surface area contributed by atoms with Crippen molar-refractivity contribution in [3.05, 3.63) is 47.3 Å². The van der Waals surface area contributed by atoms with Crippen LogP contribution in [0.4, 0.5) is 5.95 Å². The molecule has 40 heavy (non-hydrogen) atoms. The Kier molecular flexibility index (Phi) is 7.48. The molecule has 1 unspecified atom stereocenters. The summed E-state index contributed by atoms with van der Waals surface area (Å²) in [5.74, 6) is -2.27. The number of aromatic nitrogens is 2. The van der Waals surface area contributed by atoms with E-state index in [0.717, 1.165) is 17.9 Å². The van der Waals surface area contributed by atoms with Gasteiger partial charge in [-0.05, 0) is 44.9 Å². The van der Waals surface area contributed by atoms with Crippen molar-refractivity contribution in [1.82, 2.24) is 25.1 Å².